The van der Waals surface area contributed by atoms with Crippen molar-refractivity contribution in [3.63, 3.8) is 0 Å². The fourth-order valence-electron chi connectivity index (χ4n) is 1.43. The molecule has 3 heteroatoms. The van der Waals surface area contributed by atoms with Gasteiger partial charge in [-0.15, -0.1) is 0 Å². The third kappa shape index (κ3) is 2.01. The highest BCUT2D eigenvalue weighted by Gasteiger charge is 2.23. The molecule has 2 unspecified atom stereocenters. The normalized spacial score (nSPS) is 27.7. The Labute approximate surface area is 79.1 Å². The maximum Gasteiger partial charge on any atom is 0.226 e. The van der Waals surface area contributed by atoms with Crippen molar-refractivity contribution in [2.75, 3.05) is 6.66 Å². The lowest BCUT2D eigenvalue weighted by Gasteiger charge is -2.21. The van der Waals surface area contributed by atoms with Crippen molar-refractivity contribution in [1.29, 1.82) is 0 Å². The maximum atomic E-state index is 11.4. The molecule has 1 aliphatic rings. The zero-order chi connectivity index (χ0) is 10.2. The largest absolute Gasteiger partial charge is 0.341 e. The van der Waals surface area contributed by atoms with Crippen LogP contribution in [-0.2, 0) is 4.57 Å². The van der Waals surface area contributed by atoms with Crippen LogP contribution in [0.2, 0.25) is 0 Å². The Bertz CT molecular complexity index is 344. The van der Waals surface area contributed by atoms with Crippen molar-refractivity contribution in [2.45, 2.75) is 13.8 Å². The summed E-state index contributed by atoms with van der Waals surface area (Å²) < 4.78 is 11.4. The predicted octanol–water partition coefficient (Wildman–Crippen LogP) is 2.92. The summed E-state index contributed by atoms with van der Waals surface area (Å²) in [6.45, 7) is 9.14. The van der Waals surface area contributed by atoms with Crippen LogP contribution in [0.3, 0.4) is 0 Å². The van der Waals surface area contributed by atoms with E-state index in [1.807, 2.05) is 19.9 Å². The summed E-state index contributed by atoms with van der Waals surface area (Å²) in [4.78, 5) is 9.42. The third-order valence-corrected chi connectivity index (χ3v) is 3.78. The fourth-order valence-corrected chi connectivity index (χ4v) is 2.56. The van der Waals surface area contributed by atoms with Gasteiger partial charge in [0.1, 0.15) is 0 Å². The lowest BCUT2D eigenvalue weighted by Crippen LogP contribution is -2.03. The molecule has 2 nitrogen and oxygen atoms in total. The molecule has 0 saturated heterocycles. The average Bonchev–Trinajstić information content (AvgIpc) is 1.98. The second kappa shape index (κ2) is 3.28. The van der Waals surface area contributed by atoms with Gasteiger partial charge < -0.3 is 4.89 Å². The van der Waals surface area contributed by atoms with Crippen LogP contribution in [0.5, 0.6) is 0 Å². The smallest absolute Gasteiger partial charge is 0.226 e. The zero-order valence-corrected chi connectivity index (χ0v) is 9.14. The fraction of sp³-hybridized carbons (Fsp3) is 0.400. The quantitative estimate of drug-likeness (QED) is 0.658. The van der Waals surface area contributed by atoms with E-state index in [2.05, 4.69) is 6.58 Å². The van der Waals surface area contributed by atoms with Crippen LogP contribution in [-0.4, -0.2) is 11.6 Å². The van der Waals surface area contributed by atoms with E-state index in [1.165, 1.54) is 6.66 Å². The maximum absolute atomic E-state index is 11.4. The Morgan fingerprint density at radius 2 is 2.15 bits per heavy atom. The summed E-state index contributed by atoms with van der Waals surface area (Å²) in [6, 6.07) is 0. The lowest BCUT2D eigenvalue weighted by molar-refractivity contribution is 0.493. The highest BCUT2D eigenvalue weighted by atomic mass is 31.2. The molecule has 1 rings (SSSR count). The van der Waals surface area contributed by atoms with Gasteiger partial charge in [-0.1, -0.05) is 25.7 Å². The molecule has 0 fully saturated rings. The lowest BCUT2D eigenvalue weighted by atomic mass is 9.92. The molecule has 0 bridgehead atoms. The van der Waals surface area contributed by atoms with Crippen LogP contribution in [0.15, 0.2) is 35.2 Å². The van der Waals surface area contributed by atoms with Crippen molar-refractivity contribution < 1.29 is 9.46 Å². The van der Waals surface area contributed by atoms with Gasteiger partial charge in [-0.2, -0.15) is 0 Å². The van der Waals surface area contributed by atoms with Crippen LogP contribution in [0, 0.1) is 5.92 Å². The Balaban J connectivity index is 3.21. The molecule has 0 amide bonds. The third-order valence-electron chi connectivity index (χ3n) is 2.41. The summed E-state index contributed by atoms with van der Waals surface area (Å²) in [7, 11) is -3.13. The van der Waals surface area contributed by atoms with E-state index in [4.69, 9.17) is 0 Å². The van der Waals surface area contributed by atoms with Gasteiger partial charge in [0.2, 0.25) is 7.37 Å². The van der Waals surface area contributed by atoms with Crippen LogP contribution < -0.4 is 0 Å². The van der Waals surface area contributed by atoms with Crippen molar-refractivity contribution >= 4 is 7.37 Å². The minimum Gasteiger partial charge on any atom is -0.341 e. The topological polar surface area (TPSA) is 37.3 Å². The number of allylic oxidation sites excluding steroid dienone is 5. The highest BCUT2D eigenvalue weighted by molar-refractivity contribution is 7.62. The molecule has 0 aromatic heterocycles. The molecule has 1 aliphatic carbocycles. The summed E-state index contributed by atoms with van der Waals surface area (Å²) in [6.07, 6.45) is 3.66. The molecule has 0 aliphatic heterocycles. The second-order valence-electron chi connectivity index (χ2n) is 3.56. The van der Waals surface area contributed by atoms with Gasteiger partial charge in [-0.3, -0.25) is 4.57 Å². The molecule has 0 aromatic carbocycles. The zero-order valence-electron chi connectivity index (χ0n) is 8.24. The summed E-state index contributed by atoms with van der Waals surface area (Å²) in [5, 5.41) is 0.538. The van der Waals surface area contributed by atoms with Gasteiger partial charge in [0, 0.05) is 12.0 Å². The van der Waals surface area contributed by atoms with Gasteiger partial charge in [0.25, 0.3) is 0 Å². The minimum absolute atomic E-state index is 0.273. The van der Waals surface area contributed by atoms with Crippen LogP contribution in [0.25, 0.3) is 0 Å². The van der Waals surface area contributed by atoms with E-state index in [0.29, 0.717) is 5.31 Å². The van der Waals surface area contributed by atoms with Crippen molar-refractivity contribution in [3.8, 4) is 0 Å². The molecule has 2 atom stereocenters. The van der Waals surface area contributed by atoms with E-state index in [1.54, 1.807) is 6.08 Å². The monoisotopic (exact) mass is 198 g/mol. The van der Waals surface area contributed by atoms with Crippen molar-refractivity contribution in [1.82, 2.24) is 0 Å². The predicted molar refractivity (Wildman–Crippen MR) is 55.9 cm³/mol. The molecule has 1 N–H and O–H groups in total. The van der Waals surface area contributed by atoms with Crippen LogP contribution in [0.1, 0.15) is 13.8 Å². The SMILES string of the molecule is C=C1C(C)=C(P(C)(=O)O)C=CC1C. The number of hydrogen-bond donors (Lipinski definition) is 1. The van der Waals surface area contributed by atoms with Gasteiger partial charge in [0.05, 0.1) is 0 Å². The van der Waals surface area contributed by atoms with Crippen LogP contribution in [0.4, 0.5) is 0 Å². The van der Waals surface area contributed by atoms with E-state index >= 15 is 0 Å². The van der Waals surface area contributed by atoms with Gasteiger partial charge in [-0.05, 0) is 24.0 Å². The van der Waals surface area contributed by atoms with E-state index in [-0.39, 0.29) is 5.92 Å². The first kappa shape index (κ1) is 10.5. The minimum atomic E-state index is -3.13. The van der Waals surface area contributed by atoms with E-state index < -0.39 is 7.37 Å². The summed E-state index contributed by atoms with van der Waals surface area (Å²) in [5.74, 6) is 0.273. The van der Waals surface area contributed by atoms with E-state index in [0.717, 1.165) is 11.1 Å². The van der Waals surface area contributed by atoms with Crippen LogP contribution >= 0.6 is 7.37 Å². The Hall–Kier alpha value is -0.590. The Morgan fingerprint density at radius 1 is 1.62 bits per heavy atom. The molecular formula is C10H15O2P. The molecule has 0 radical (unpaired) electrons. The highest BCUT2D eigenvalue weighted by Crippen LogP contribution is 2.51. The molecule has 0 saturated carbocycles. The van der Waals surface area contributed by atoms with Crippen molar-refractivity contribution in [2.24, 2.45) is 5.92 Å². The summed E-state index contributed by atoms with van der Waals surface area (Å²) >= 11 is 0. The number of rotatable bonds is 1. The van der Waals surface area contributed by atoms with Crippen molar-refractivity contribution in [3.05, 3.63) is 35.2 Å². The first-order valence-electron chi connectivity index (χ1n) is 4.23. The molecule has 0 aromatic rings. The molecule has 13 heavy (non-hydrogen) atoms. The second-order valence-corrected chi connectivity index (χ2v) is 5.80. The summed E-state index contributed by atoms with van der Waals surface area (Å²) in [5.41, 5.74) is 1.80. The van der Waals surface area contributed by atoms with Gasteiger partial charge in [-0.25, -0.2) is 0 Å². The average molecular weight is 198 g/mol. The standard InChI is InChI=1S/C10H15O2P/c1-7-5-6-10(13(4,11)12)9(3)8(7)2/h5-7H,2H2,1,3-4H3,(H,11,12). The number of hydrogen-bond acceptors (Lipinski definition) is 1. The van der Waals surface area contributed by atoms with E-state index in [9.17, 15) is 9.46 Å². The first-order valence-corrected chi connectivity index (χ1v) is 6.34. The molecule has 72 valence electrons. The first-order chi connectivity index (χ1) is 5.84. The Kier molecular flexibility index (Phi) is 2.65. The molecular weight excluding hydrogens is 183 g/mol. The molecule has 0 heterocycles. The van der Waals surface area contributed by atoms with Gasteiger partial charge >= 0.3 is 0 Å². The van der Waals surface area contributed by atoms with Gasteiger partial charge in [0.15, 0.2) is 0 Å². The Morgan fingerprint density at radius 3 is 2.62 bits per heavy atom. The molecule has 0 spiro atoms.